The zero-order valence-electron chi connectivity index (χ0n) is 11.2. The van der Waals surface area contributed by atoms with E-state index in [1.54, 1.807) is 0 Å². The van der Waals surface area contributed by atoms with Crippen LogP contribution in [0.5, 0.6) is 0 Å². The van der Waals surface area contributed by atoms with Crippen molar-refractivity contribution in [3.8, 4) is 0 Å². The van der Waals surface area contributed by atoms with Crippen LogP contribution in [0.15, 0.2) is 6.07 Å². The van der Waals surface area contributed by atoms with E-state index in [2.05, 4.69) is 23.8 Å². The van der Waals surface area contributed by atoms with E-state index in [1.807, 2.05) is 13.0 Å². The number of nitrogens with zero attached hydrogens (tertiary/aromatic N) is 2. The molecule has 0 atom stereocenters. The monoisotopic (exact) mass is 250 g/mol. The lowest BCUT2D eigenvalue weighted by molar-refractivity contribution is -0.167. The van der Waals surface area contributed by atoms with Crippen LogP contribution < -0.4 is 0 Å². The van der Waals surface area contributed by atoms with Crippen molar-refractivity contribution in [2.75, 3.05) is 20.3 Å². The second-order valence-electron chi connectivity index (χ2n) is 4.98. The van der Waals surface area contributed by atoms with E-state index in [4.69, 9.17) is 9.47 Å². The minimum absolute atomic E-state index is 0.292. The van der Waals surface area contributed by atoms with Gasteiger partial charge < -0.3 is 9.47 Å². The molecule has 0 N–H and O–H groups in total. The number of aryl methyl sites for hydroxylation is 1. The van der Waals surface area contributed by atoms with Gasteiger partial charge in [0, 0.05) is 11.4 Å². The van der Waals surface area contributed by atoms with Crippen LogP contribution in [-0.2, 0) is 19.7 Å². The average molecular weight is 250 g/mol. The maximum atomic E-state index is 11.9. The Morgan fingerprint density at radius 3 is 2.56 bits per heavy atom. The predicted molar refractivity (Wildman–Crippen MR) is 65.4 cm³/mol. The van der Waals surface area contributed by atoms with Crippen molar-refractivity contribution in [2.45, 2.75) is 32.1 Å². The Balaban J connectivity index is 2.46. The van der Waals surface area contributed by atoms with Gasteiger partial charge >= 0.3 is 5.97 Å². The molecule has 0 unspecified atom stereocenters. The van der Waals surface area contributed by atoms with Crippen LogP contribution in [0.1, 0.15) is 37.0 Å². The lowest BCUT2D eigenvalue weighted by Crippen LogP contribution is -2.54. The summed E-state index contributed by atoms with van der Waals surface area (Å²) in [6.45, 7) is 6.62. The van der Waals surface area contributed by atoms with Crippen molar-refractivity contribution in [1.82, 2.24) is 9.97 Å². The molecule has 5 heteroatoms. The van der Waals surface area contributed by atoms with E-state index in [0.717, 1.165) is 11.4 Å². The maximum Gasteiger partial charge on any atom is 0.324 e. The molecular formula is C13H18N2O3. The minimum atomic E-state index is -0.815. The highest BCUT2D eigenvalue weighted by Gasteiger charge is 2.51. The van der Waals surface area contributed by atoms with E-state index in [0.29, 0.717) is 25.0 Å². The first kappa shape index (κ1) is 13.0. The van der Waals surface area contributed by atoms with Crippen LogP contribution in [0.4, 0.5) is 0 Å². The quantitative estimate of drug-likeness (QED) is 0.758. The largest absolute Gasteiger partial charge is 0.468 e. The fraction of sp³-hybridized carbons (Fsp3) is 0.615. The Bertz CT molecular complexity index is 467. The van der Waals surface area contributed by atoms with Gasteiger partial charge in [0.15, 0.2) is 11.2 Å². The molecule has 98 valence electrons. The number of aromatic nitrogens is 2. The van der Waals surface area contributed by atoms with E-state index < -0.39 is 5.41 Å². The molecule has 2 rings (SSSR count). The Morgan fingerprint density at radius 1 is 1.44 bits per heavy atom. The number of methoxy groups -OCH3 is 1. The van der Waals surface area contributed by atoms with Crippen LogP contribution in [0.3, 0.4) is 0 Å². The third-order valence-electron chi connectivity index (χ3n) is 3.17. The van der Waals surface area contributed by atoms with E-state index in [-0.39, 0.29) is 5.97 Å². The third kappa shape index (κ3) is 1.99. The standard InChI is InChI=1S/C13H18N2O3/c1-8(2)10-5-9(3)14-11(15-10)13(6-18-7-13)12(16)17-4/h5,8H,6-7H2,1-4H3. The summed E-state index contributed by atoms with van der Waals surface area (Å²) in [6.07, 6.45) is 0. The molecule has 2 heterocycles. The fourth-order valence-corrected chi connectivity index (χ4v) is 1.94. The number of ether oxygens (including phenoxy) is 2. The molecule has 5 nitrogen and oxygen atoms in total. The van der Waals surface area contributed by atoms with E-state index in [1.165, 1.54) is 7.11 Å². The summed E-state index contributed by atoms with van der Waals surface area (Å²) < 4.78 is 10.0. The molecule has 0 radical (unpaired) electrons. The number of hydrogen-bond acceptors (Lipinski definition) is 5. The molecule has 1 aromatic rings. The molecule has 0 aromatic carbocycles. The molecular weight excluding hydrogens is 232 g/mol. The summed E-state index contributed by atoms with van der Waals surface area (Å²) in [5.41, 5.74) is 0.983. The summed E-state index contributed by atoms with van der Waals surface area (Å²) in [6, 6.07) is 1.94. The van der Waals surface area contributed by atoms with Crippen molar-refractivity contribution in [3.05, 3.63) is 23.3 Å². The Morgan fingerprint density at radius 2 is 2.11 bits per heavy atom. The zero-order valence-corrected chi connectivity index (χ0v) is 11.2. The van der Waals surface area contributed by atoms with Crippen LogP contribution >= 0.6 is 0 Å². The number of carbonyl (C=O) groups is 1. The summed E-state index contributed by atoms with van der Waals surface area (Å²) in [5, 5.41) is 0. The van der Waals surface area contributed by atoms with Gasteiger partial charge in [-0.2, -0.15) is 0 Å². The van der Waals surface area contributed by atoms with Crippen LogP contribution in [-0.4, -0.2) is 36.3 Å². The van der Waals surface area contributed by atoms with Gasteiger partial charge in [-0.1, -0.05) is 13.8 Å². The fourth-order valence-electron chi connectivity index (χ4n) is 1.94. The van der Waals surface area contributed by atoms with Gasteiger partial charge in [-0.25, -0.2) is 9.97 Å². The third-order valence-corrected chi connectivity index (χ3v) is 3.17. The molecule has 18 heavy (non-hydrogen) atoms. The van der Waals surface area contributed by atoms with E-state index >= 15 is 0 Å². The number of rotatable bonds is 3. The molecule has 1 saturated heterocycles. The van der Waals surface area contributed by atoms with Crippen molar-refractivity contribution in [2.24, 2.45) is 0 Å². The number of carbonyl (C=O) groups excluding carboxylic acids is 1. The molecule has 0 aliphatic carbocycles. The second-order valence-corrected chi connectivity index (χ2v) is 4.98. The van der Waals surface area contributed by atoms with Gasteiger partial charge in [0.25, 0.3) is 0 Å². The van der Waals surface area contributed by atoms with Crippen LogP contribution in [0.2, 0.25) is 0 Å². The summed E-state index contributed by atoms with van der Waals surface area (Å²) in [5.74, 6) is 0.486. The molecule has 1 aliphatic rings. The minimum Gasteiger partial charge on any atom is -0.468 e. The van der Waals surface area contributed by atoms with Crippen LogP contribution in [0.25, 0.3) is 0 Å². The van der Waals surface area contributed by atoms with Crippen molar-refractivity contribution >= 4 is 5.97 Å². The van der Waals surface area contributed by atoms with Gasteiger partial charge in [-0.15, -0.1) is 0 Å². The highest BCUT2D eigenvalue weighted by Crippen LogP contribution is 2.32. The molecule has 0 saturated carbocycles. The zero-order chi connectivity index (χ0) is 13.3. The van der Waals surface area contributed by atoms with Crippen molar-refractivity contribution in [1.29, 1.82) is 0 Å². The van der Waals surface area contributed by atoms with Gasteiger partial charge in [0.2, 0.25) is 0 Å². The number of hydrogen-bond donors (Lipinski definition) is 0. The van der Waals surface area contributed by atoms with Crippen molar-refractivity contribution in [3.63, 3.8) is 0 Å². The van der Waals surface area contributed by atoms with Gasteiger partial charge in [-0.3, -0.25) is 4.79 Å². The molecule has 1 aromatic heterocycles. The molecule has 0 amide bonds. The lowest BCUT2D eigenvalue weighted by Gasteiger charge is -2.37. The predicted octanol–water partition coefficient (Wildman–Crippen LogP) is 1.35. The van der Waals surface area contributed by atoms with Gasteiger partial charge in [-0.05, 0) is 18.9 Å². The first-order valence-corrected chi connectivity index (χ1v) is 6.02. The summed E-state index contributed by atoms with van der Waals surface area (Å²) >= 11 is 0. The smallest absolute Gasteiger partial charge is 0.324 e. The van der Waals surface area contributed by atoms with Gasteiger partial charge in [0.05, 0.1) is 20.3 Å². The average Bonchev–Trinajstić information content (AvgIpc) is 2.26. The highest BCUT2D eigenvalue weighted by atomic mass is 16.5. The van der Waals surface area contributed by atoms with Crippen LogP contribution in [0, 0.1) is 6.92 Å². The highest BCUT2D eigenvalue weighted by molar-refractivity contribution is 5.83. The Labute approximate surface area is 107 Å². The first-order chi connectivity index (χ1) is 8.49. The molecule has 1 aliphatic heterocycles. The molecule has 0 spiro atoms. The first-order valence-electron chi connectivity index (χ1n) is 6.02. The second kappa shape index (κ2) is 4.65. The molecule has 1 fully saturated rings. The summed E-state index contributed by atoms with van der Waals surface area (Å²) in [7, 11) is 1.38. The van der Waals surface area contributed by atoms with Gasteiger partial charge in [0.1, 0.15) is 0 Å². The Kier molecular flexibility index (Phi) is 3.34. The summed E-state index contributed by atoms with van der Waals surface area (Å²) in [4.78, 5) is 20.8. The topological polar surface area (TPSA) is 61.3 Å². The maximum absolute atomic E-state index is 11.9. The SMILES string of the molecule is COC(=O)C1(c2nc(C)cc(C(C)C)n2)COC1. The Hall–Kier alpha value is -1.49. The normalized spacial score (nSPS) is 17.4. The molecule has 0 bridgehead atoms. The number of esters is 1. The van der Waals surface area contributed by atoms with E-state index in [9.17, 15) is 4.79 Å². The van der Waals surface area contributed by atoms with Crippen molar-refractivity contribution < 1.29 is 14.3 Å². The lowest BCUT2D eigenvalue weighted by atomic mass is 9.84.